The molecule has 0 fully saturated rings. The van der Waals surface area contributed by atoms with Crippen molar-refractivity contribution in [2.45, 2.75) is 19.9 Å². The first-order valence-electron chi connectivity index (χ1n) is 4.58. The Labute approximate surface area is 101 Å². The Balaban J connectivity index is 0.00000196. The molecule has 5 heteroatoms. The van der Waals surface area contributed by atoms with E-state index in [2.05, 4.69) is 0 Å². The largest absolute Gasteiger partial charge is 0.338 e. The van der Waals surface area contributed by atoms with Crippen LogP contribution in [0.3, 0.4) is 0 Å². The fraction of sp³-hybridized carbons (Fsp3) is 0.500. The van der Waals surface area contributed by atoms with Crippen LogP contribution in [0.1, 0.15) is 22.8 Å². The van der Waals surface area contributed by atoms with Crippen LogP contribution < -0.4 is 5.73 Å². The van der Waals surface area contributed by atoms with Crippen LogP contribution in [-0.2, 0) is 0 Å². The first-order chi connectivity index (χ1) is 6.57. The number of amides is 1. The lowest BCUT2D eigenvalue weighted by molar-refractivity contribution is 0.0748. The Morgan fingerprint density at radius 3 is 2.60 bits per heavy atom. The summed E-state index contributed by atoms with van der Waals surface area (Å²) in [6.07, 6.45) is 0. The van der Waals surface area contributed by atoms with E-state index >= 15 is 0 Å². The zero-order valence-corrected chi connectivity index (χ0v) is 10.8. The third-order valence-corrected chi connectivity index (χ3v) is 3.27. The summed E-state index contributed by atoms with van der Waals surface area (Å²) in [4.78, 5) is 13.6. The first kappa shape index (κ1) is 14.4. The minimum atomic E-state index is 0. The minimum Gasteiger partial charge on any atom is -0.338 e. The lowest BCUT2D eigenvalue weighted by Crippen LogP contribution is -2.39. The summed E-state index contributed by atoms with van der Waals surface area (Å²) in [7, 11) is 1.79. The number of nitrogens with zero attached hydrogens (tertiary/aromatic N) is 1. The molecular formula is C10H17ClN2OS. The predicted molar refractivity (Wildman–Crippen MR) is 66.9 cm³/mol. The second kappa shape index (κ2) is 6.10. The molecule has 0 saturated carbocycles. The zero-order valence-electron chi connectivity index (χ0n) is 9.19. The van der Waals surface area contributed by atoms with E-state index < -0.39 is 0 Å². The molecule has 0 aliphatic heterocycles. The van der Waals surface area contributed by atoms with Gasteiger partial charge in [0.05, 0.1) is 5.56 Å². The summed E-state index contributed by atoms with van der Waals surface area (Å²) in [5.41, 5.74) is 7.34. The molecule has 0 radical (unpaired) electrons. The van der Waals surface area contributed by atoms with Crippen molar-refractivity contribution in [1.29, 1.82) is 0 Å². The van der Waals surface area contributed by atoms with Crippen LogP contribution in [0.5, 0.6) is 0 Å². The standard InChI is InChI=1S/C10H16N2OS.ClH/c1-7-5-14-6-9(7)10(13)12(3)8(2)4-11;/h5-6,8H,4,11H2,1-3H3;1H. The smallest absolute Gasteiger partial charge is 0.254 e. The highest BCUT2D eigenvalue weighted by Crippen LogP contribution is 2.16. The summed E-state index contributed by atoms with van der Waals surface area (Å²) in [6, 6.07) is 0.0850. The van der Waals surface area contributed by atoms with Gasteiger partial charge in [0.2, 0.25) is 0 Å². The van der Waals surface area contributed by atoms with E-state index in [0.29, 0.717) is 6.54 Å². The third kappa shape index (κ3) is 3.19. The quantitative estimate of drug-likeness (QED) is 0.888. The number of thiophene rings is 1. The maximum absolute atomic E-state index is 11.9. The number of rotatable bonds is 3. The van der Waals surface area contributed by atoms with Gasteiger partial charge in [-0.2, -0.15) is 11.3 Å². The molecule has 0 spiro atoms. The SMILES string of the molecule is Cc1cscc1C(=O)N(C)C(C)CN.Cl. The monoisotopic (exact) mass is 248 g/mol. The molecule has 0 aliphatic carbocycles. The molecule has 86 valence electrons. The Morgan fingerprint density at radius 2 is 2.20 bits per heavy atom. The number of nitrogens with two attached hydrogens (primary N) is 1. The molecule has 1 amide bonds. The molecule has 2 N–H and O–H groups in total. The summed E-state index contributed by atoms with van der Waals surface area (Å²) in [6.45, 7) is 4.38. The van der Waals surface area contributed by atoms with Crippen molar-refractivity contribution in [3.8, 4) is 0 Å². The van der Waals surface area contributed by atoms with Gasteiger partial charge in [-0.3, -0.25) is 4.79 Å². The maximum Gasteiger partial charge on any atom is 0.254 e. The van der Waals surface area contributed by atoms with Crippen LogP contribution in [0, 0.1) is 6.92 Å². The molecule has 0 bridgehead atoms. The van der Waals surface area contributed by atoms with E-state index in [4.69, 9.17) is 5.73 Å². The maximum atomic E-state index is 11.9. The molecule has 15 heavy (non-hydrogen) atoms. The predicted octanol–water partition coefficient (Wildman–Crippen LogP) is 1.90. The average Bonchev–Trinajstić information content (AvgIpc) is 2.61. The van der Waals surface area contributed by atoms with Crippen molar-refractivity contribution in [3.05, 3.63) is 21.9 Å². The molecular weight excluding hydrogens is 232 g/mol. The van der Waals surface area contributed by atoms with Crippen LogP contribution in [0.25, 0.3) is 0 Å². The molecule has 0 saturated heterocycles. The van der Waals surface area contributed by atoms with Gasteiger partial charge >= 0.3 is 0 Å². The lowest BCUT2D eigenvalue weighted by atomic mass is 10.2. The third-order valence-electron chi connectivity index (χ3n) is 2.41. The fourth-order valence-corrected chi connectivity index (χ4v) is 1.95. The van der Waals surface area contributed by atoms with Crippen molar-refractivity contribution in [2.24, 2.45) is 5.73 Å². The molecule has 1 unspecified atom stereocenters. The van der Waals surface area contributed by atoms with Crippen molar-refractivity contribution in [1.82, 2.24) is 4.90 Å². The molecule has 3 nitrogen and oxygen atoms in total. The molecule has 1 atom stereocenters. The molecule has 1 aromatic rings. The van der Waals surface area contributed by atoms with E-state index in [0.717, 1.165) is 11.1 Å². The number of likely N-dealkylation sites (N-methyl/N-ethyl adjacent to an activating group) is 1. The summed E-state index contributed by atoms with van der Waals surface area (Å²) in [5.74, 6) is 0.0571. The number of carbonyl (C=O) groups excluding carboxylic acids is 1. The van der Waals surface area contributed by atoms with Crippen molar-refractivity contribution in [2.75, 3.05) is 13.6 Å². The fourth-order valence-electron chi connectivity index (χ4n) is 1.13. The lowest BCUT2D eigenvalue weighted by Gasteiger charge is -2.23. The van der Waals surface area contributed by atoms with Crippen LogP contribution >= 0.6 is 23.7 Å². The van der Waals surface area contributed by atoms with Crippen LogP contribution in [-0.4, -0.2) is 30.4 Å². The van der Waals surface area contributed by atoms with E-state index in [9.17, 15) is 4.79 Å². The van der Waals surface area contributed by atoms with Crippen LogP contribution in [0.4, 0.5) is 0 Å². The Morgan fingerprint density at radius 1 is 1.60 bits per heavy atom. The van der Waals surface area contributed by atoms with Gasteiger partial charge in [0.1, 0.15) is 0 Å². The number of aryl methyl sites for hydroxylation is 1. The van der Waals surface area contributed by atoms with Crippen LogP contribution in [0.15, 0.2) is 10.8 Å². The molecule has 1 rings (SSSR count). The van der Waals surface area contributed by atoms with Gasteiger partial charge in [0.25, 0.3) is 5.91 Å². The van der Waals surface area contributed by atoms with Gasteiger partial charge in [-0.15, -0.1) is 12.4 Å². The highest BCUT2D eigenvalue weighted by Gasteiger charge is 2.18. The average molecular weight is 249 g/mol. The normalized spacial score (nSPS) is 11.7. The van der Waals surface area contributed by atoms with Crippen molar-refractivity contribution < 1.29 is 4.79 Å². The minimum absolute atomic E-state index is 0. The van der Waals surface area contributed by atoms with Gasteiger partial charge in [-0.05, 0) is 24.8 Å². The number of hydrogen-bond acceptors (Lipinski definition) is 3. The summed E-state index contributed by atoms with van der Waals surface area (Å²) >= 11 is 1.55. The highest BCUT2D eigenvalue weighted by molar-refractivity contribution is 7.08. The summed E-state index contributed by atoms with van der Waals surface area (Å²) < 4.78 is 0. The van der Waals surface area contributed by atoms with Gasteiger partial charge in [-0.25, -0.2) is 0 Å². The number of halogens is 1. The number of hydrogen-bond donors (Lipinski definition) is 1. The van der Waals surface area contributed by atoms with Gasteiger partial charge < -0.3 is 10.6 Å². The molecule has 1 heterocycles. The highest BCUT2D eigenvalue weighted by atomic mass is 35.5. The first-order valence-corrected chi connectivity index (χ1v) is 5.52. The van der Waals surface area contributed by atoms with E-state index in [1.165, 1.54) is 0 Å². The van der Waals surface area contributed by atoms with E-state index in [-0.39, 0.29) is 24.4 Å². The van der Waals surface area contributed by atoms with Crippen LogP contribution in [0.2, 0.25) is 0 Å². The molecule has 0 aromatic carbocycles. The molecule has 0 aliphatic rings. The van der Waals surface area contributed by atoms with Crippen molar-refractivity contribution in [3.63, 3.8) is 0 Å². The van der Waals surface area contributed by atoms with Gasteiger partial charge in [-0.1, -0.05) is 0 Å². The van der Waals surface area contributed by atoms with E-state index in [1.54, 1.807) is 23.3 Å². The van der Waals surface area contributed by atoms with Gasteiger partial charge in [0, 0.05) is 25.0 Å². The second-order valence-electron chi connectivity index (χ2n) is 3.47. The Bertz CT molecular complexity index is 327. The molecule has 1 aromatic heterocycles. The Hall–Kier alpha value is -0.580. The van der Waals surface area contributed by atoms with Gasteiger partial charge in [0.15, 0.2) is 0 Å². The Kier molecular flexibility index (Phi) is 5.87. The zero-order chi connectivity index (χ0) is 10.7. The topological polar surface area (TPSA) is 46.3 Å². The summed E-state index contributed by atoms with van der Waals surface area (Å²) in [5, 5.41) is 3.87. The second-order valence-corrected chi connectivity index (χ2v) is 4.21. The van der Waals surface area contributed by atoms with Crippen molar-refractivity contribution >= 4 is 29.7 Å². The van der Waals surface area contributed by atoms with E-state index in [1.807, 2.05) is 24.6 Å². The number of carbonyl (C=O) groups is 1.